The van der Waals surface area contributed by atoms with Gasteiger partial charge in [0.1, 0.15) is 0 Å². The van der Waals surface area contributed by atoms with Gasteiger partial charge in [0.05, 0.1) is 11.4 Å². The fraction of sp³-hybridized carbons (Fsp3) is 0.238. The number of hydrogen-bond acceptors (Lipinski definition) is 3. The fourth-order valence-electron chi connectivity index (χ4n) is 3.06. The number of amides is 1. The number of rotatable bonds is 6. The second kappa shape index (κ2) is 8.31. The molecule has 0 bridgehead atoms. The van der Waals surface area contributed by atoms with Crippen molar-refractivity contribution in [2.24, 2.45) is 0 Å². The van der Waals surface area contributed by atoms with Gasteiger partial charge in [-0.2, -0.15) is 5.10 Å². The zero-order valence-corrected chi connectivity index (χ0v) is 16.5. The summed E-state index contributed by atoms with van der Waals surface area (Å²) in [4.78, 5) is 12.5. The second-order valence-electron chi connectivity index (χ2n) is 6.50. The summed E-state index contributed by atoms with van der Waals surface area (Å²) < 4.78 is 13.3. The van der Waals surface area contributed by atoms with Gasteiger partial charge in [0.2, 0.25) is 0 Å². The molecule has 27 heavy (non-hydrogen) atoms. The van der Waals surface area contributed by atoms with E-state index in [1.54, 1.807) is 18.4 Å². The first-order chi connectivity index (χ1) is 13.0. The third-order valence-electron chi connectivity index (χ3n) is 4.43. The highest BCUT2D eigenvalue weighted by Gasteiger charge is 2.14. The molecule has 1 N–H and O–H groups in total. The van der Waals surface area contributed by atoms with Gasteiger partial charge in [0, 0.05) is 46.2 Å². The number of benzene rings is 2. The molecule has 0 saturated heterocycles. The topological polar surface area (TPSA) is 64.0 Å². The molecular weight excluding hydrogens is 358 g/mol. The van der Waals surface area contributed by atoms with Crippen LogP contribution in [0.4, 0.5) is 0 Å². The Bertz CT molecular complexity index is 980. The maximum Gasteiger partial charge on any atom is 0.251 e. The number of carbonyl (C=O) groups excluding carboxylic acids is 1. The van der Waals surface area contributed by atoms with Crippen LogP contribution in [0.1, 0.15) is 32.9 Å². The molecule has 140 valence electrons. The summed E-state index contributed by atoms with van der Waals surface area (Å²) in [6.45, 7) is 4.37. The van der Waals surface area contributed by atoms with E-state index in [1.165, 1.54) is 0 Å². The third kappa shape index (κ3) is 4.52. The van der Waals surface area contributed by atoms with E-state index in [-0.39, 0.29) is 5.91 Å². The monoisotopic (exact) mass is 381 g/mol. The summed E-state index contributed by atoms with van der Waals surface area (Å²) in [6.07, 6.45) is 1.66. The van der Waals surface area contributed by atoms with Gasteiger partial charge in [-0.05, 0) is 43.7 Å². The first-order valence-corrected chi connectivity index (χ1v) is 10.5. The van der Waals surface area contributed by atoms with E-state index >= 15 is 0 Å². The average molecular weight is 382 g/mol. The standard InChI is InChI=1S/C21H23N3O2S/c1-15-20(16(2)24(23-15)19-10-5-4-6-11-19)13-22-21(25)18-9-7-8-17(12-18)14-27(3)26/h4-12H,13-14H2,1-3H3,(H,22,25). The van der Waals surface area contributed by atoms with Gasteiger partial charge in [-0.25, -0.2) is 4.68 Å². The van der Waals surface area contributed by atoms with E-state index in [1.807, 2.05) is 61.0 Å². The van der Waals surface area contributed by atoms with Crippen molar-refractivity contribution in [2.45, 2.75) is 26.1 Å². The predicted molar refractivity (Wildman–Crippen MR) is 108 cm³/mol. The van der Waals surface area contributed by atoms with Crippen molar-refractivity contribution in [3.63, 3.8) is 0 Å². The Morgan fingerprint density at radius 3 is 2.56 bits per heavy atom. The van der Waals surface area contributed by atoms with Crippen LogP contribution in [0.25, 0.3) is 5.69 Å². The molecule has 0 spiro atoms. The second-order valence-corrected chi connectivity index (χ2v) is 7.93. The van der Waals surface area contributed by atoms with E-state index in [2.05, 4.69) is 10.4 Å². The van der Waals surface area contributed by atoms with Crippen LogP contribution in [0.3, 0.4) is 0 Å². The van der Waals surface area contributed by atoms with Gasteiger partial charge in [-0.1, -0.05) is 30.3 Å². The number of aromatic nitrogens is 2. The van der Waals surface area contributed by atoms with Gasteiger partial charge in [0.15, 0.2) is 0 Å². The minimum Gasteiger partial charge on any atom is -0.348 e. The quantitative estimate of drug-likeness (QED) is 0.713. The first kappa shape index (κ1) is 19.0. The minimum absolute atomic E-state index is 0.148. The van der Waals surface area contributed by atoms with Crippen LogP contribution in [0, 0.1) is 13.8 Å². The van der Waals surface area contributed by atoms with Gasteiger partial charge in [-0.15, -0.1) is 0 Å². The van der Waals surface area contributed by atoms with Gasteiger partial charge < -0.3 is 5.32 Å². The zero-order chi connectivity index (χ0) is 19.4. The highest BCUT2D eigenvalue weighted by molar-refractivity contribution is 7.83. The molecule has 1 aromatic heterocycles. The van der Waals surface area contributed by atoms with Crippen molar-refractivity contribution in [3.05, 3.63) is 82.7 Å². The van der Waals surface area contributed by atoms with Crippen LogP contribution >= 0.6 is 0 Å². The maximum atomic E-state index is 12.5. The van der Waals surface area contributed by atoms with Crippen molar-refractivity contribution >= 4 is 16.7 Å². The molecule has 0 saturated carbocycles. The van der Waals surface area contributed by atoms with E-state index < -0.39 is 10.8 Å². The van der Waals surface area contributed by atoms with Crippen molar-refractivity contribution in [1.29, 1.82) is 0 Å². The largest absolute Gasteiger partial charge is 0.348 e. The number of carbonyl (C=O) groups is 1. The SMILES string of the molecule is Cc1nn(-c2ccccc2)c(C)c1CNC(=O)c1cccc(CS(C)=O)c1. The Kier molecular flexibility index (Phi) is 5.86. The Balaban J connectivity index is 1.75. The molecule has 0 aliphatic heterocycles. The van der Waals surface area contributed by atoms with E-state index in [0.717, 1.165) is 28.2 Å². The number of para-hydroxylation sites is 1. The lowest BCUT2D eigenvalue weighted by molar-refractivity contribution is 0.0950. The molecule has 6 heteroatoms. The van der Waals surface area contributed by atoms with Crippen LogP contribution in [0.5, 0.6) is 0 Å². The Morgan fingerprint density at radius 2 is 1.85 bits per heavy atom. The van der Waals surface area contributed by atoms with E-state index in [0.29, 0.717) is 17.9 Å². The van der Waals surface area contributed by atoms with Crippen molar-refractivity contribution < 1.29 is 9.00 Å². The zero-order valence-electron chi connectivity index (χ0n) is 15.7. The third-order valence-corrected chi connectivity index (χ3v) is 5.17. The molecule has 3 aromatic rings. The molecule has 0 radical (unpaired) electrons. The molecule has 0 aliphatic carbocycles. The number of nitrogens with zero attached hydrogens (tertiary/aromatic N) is 2. The lowest BCUT2D eigenvalue weighted by Gasteiger charge is -2.08. The van der Waals surface area contributed by atoms with Crippen LogP contribution in [0.2, 0.25) is 0 Å². The van der Waals surface area contributed by atoms with Crippen LogP contribution in [-0.2, 0) is 23.1 Å². The first-order valence-electron chi connectivity index (χ1n) is 8.73. The Morgan fingerprint density at radius 1 is 1.11 bits per heavy atom. The summed E-state index contributed by atoms with van der Waals surface area (Å²) in [7, 11) is -0.936. The lowest BCUT2D eigenvalue weighted by Crippen LogP contribution is -2.23. The summed E-state index contributed by atoms with van der Waals surface area (Å²) in [5.74, 6) is 0.299. The van der Waals surface area contributed by atoms with Crippen molar-refractivity contribution in [3.8, 4) is 5.69 Å². The number of aryl methyl sites for hydroxylation is 1. The van der Waals surface area contributed by atoms with Crippen LogP contribution in [0.15, 0.2) is 54.6 Å². The average Bonchev–Trinajstić information content (AvgIpc) is 2.94. The molecule has 1 unspecified atom stereocenters. The smallest absolute Gasteiger partial charge is 0.251 e. The highest BCUT2D eigenvalue weighted by Crippen LogP contribution is 2.18. The molecule has 0 aliphatic rings. The number of hydrogen-bond donors (Lipinski definition) is 1. The summed E-state index contributed by atoms with van der Waals surface area (Å²) in [5.41, 5.74) is 5.38. The summed E-state index contributed by atoms with van der Waals surface area (Å²) in [5, 5.41) is 7.58. The Hall–Kier alpha value is -2.73. The van der Waals surface area contributed by atoms with Gasteiger partial charge in [0.25, 0.3) is 5.91 Å². The molecule has 3 rings (SSSR count). The molecule has 2 aromatic carbocycles. The molecule has 0 fully saturated rings. The van der Waals surface area contributed by atoms with E-state index in [9.17, 15) is 9.00 Å². The highest BCUT2D eigenvalue weighted by atomic mass is 32.2. The van der Waals surface area contributed by atoms with Gasteiger partial charge in [-0.3, -0.25) is 9.00 Å². The minimum atomic E-state index is -0.936. The molecule has 1 heterocycles. The molecule has 5 nitrogen and oxygen atoms in total. The van der Waals surface area contributed by atoms with Crippen LogP contribution in [-0.4, -0.2) is 26.2 Å². The normalized spacial score (nSPS) is 12.0. The summed E-state index contributed by atoms with van der Waals surface area (Å²) >= 11 is 0. The van der Waals surface area contributed by atoms with Gasteiger partial charge >= 0.3 is 0 Å². The molecule has 1 amide bonds. The lowest BCUT2D eigenvalue weighted by atomic mass is 10.1. The predicted octanol–water partition coefficient (Wildman–Crippen LogP) is 3.30. The van der Waals surface area contributed by atoms with Crippen molar-refractivity contribution in [1.82, 2.24) is 15.1 Å². The maximum absolute atomic E-state index is 12.5. The Labute approximate surface area is 161 Å². The van der Waals surface area contributed by atoms with Crippen molar-refractivity contribution in [2.75, 3.05) is 6.26 Å². The fourth-order valence-corrected chi connectivity index (χ4v) is 3.71. The van der Waals surface area contributed by atoms with Crippen LogP contribution < -0.4 is 5.32 Å². The molecule has 1 atom stereocenters. The van der Waals surface area contributed by atoms with E-state index in [4.69, 9.17) is 0 Å². The molecular formula is C21H23N3O2S. The number of nitrogens with one attached hydrogen (secondary N) is 1. The summed E-state index contributed by atoms with van der Waals surface area (Å²) in [6, 6.07) is 17.2.